The summed E-state index contributed by atoms with van der Waals surface area (Å²) in [4.78, 5) is 16.7. The van der Waals surface area contributed by atoms with Gasteiger partial charge in [0.1, 0.15) is 5.69 Å². The zero-order valence-electron chi connectivity index (χ0n) is 14.4. The lowest BCUT2D eigenvalue weighted by molar-refractivity contribution is -0.112. The zero-order chi connectivity index (χ0) is 19.9. The minimum absolute atomic E-state index is 0.193. The Morgan fingerprint density at radius 3 is 2.32 bits per heavy atom. The maximum Gasteiger partial charge on any atom is 0.280 e. The molecule has 1 heterocycles. The molecule has 0 radical (unpaired) electrons. The van der Waals surface area contributed by atoms with Crippen LogP contribution in [0.3, 0.4) is 0 Å². The van der Waals surface area contributed by atoms with E-state index in [1.807, 2.05) is 0 Å². The number of pyridine rings is 1. The fraction of sp³-hybridized carbons (Fsp3) is 0. The largest absolute Gasteiger partial charge is 0.505 e. The number of aliphatic hydroxyl groups is 1. The van der Waals surface area contributed by atoms with E-state index in [4.69, 9.17) is 23.2 Å². The molecule has 8 heteroatoms. The molecule has 0 atom stereocenters. The summed E-state index contributed by atoms with van der Waals surface area (Å²) in [5, 5.41) is 21.7. The van der Waals surface area contributed by atoms with Crippen LogP contribution < -0.4 is 5.32 Å². The maximum atomic E-state index is 12.7. The highest BCUT2D eigenvalue weighted by atomic mass is 35.5. The lowest BCUT2D eigenvalue weighted by Crippen LogP contribution is -2.15. The molecule has 3 rings (SSSR count). The van der Waals surface area contributed by atoms with E-state index in [9.17, 15) is 9.90 Å². The Bertz CT molecular complexity index is 1020. The smallest absolute Gasteiger partial charge is 0.280 e. The lowest BCUT2D eigenvalue weighted by atomic mass is 10.1. The molecule has 3 aromatic rings. The van der Waals surface area contributed by atoms with Crippen molar-refractivity contribution < 1.29 is 9.90 Å². The van der Waals surface area contributed by atoms with Gasteiger partial charge < -0.3 is 10.4 Å². The van der Waals surface area contributed by atoms with Crippen LogP contribution in [-0.2, 0) is 4.79 Å². The number of halogens is 2. The first-order valence-corrected chi connectivity index (χ1v) is 8.87. The van der Waals surface area contributed by atoms with Crippen LogP contribution in [0.2, 0.25) is 10.0 Å². The molecule has 0 fully saturated rings. The molecule has 6 nitrogen and oxygen atoms in total. The number of carbonyl (C=O) groups is 1. The van der Waals surface area contributed by atoms with E-state index in [1.165, 1.54) is 6.20 Å². The summed E-state index contributed by atoms with van der Waals surface area (Å²) in [6.07, 6.45) is 3.05. The highest BCUT2D eigenvalue weighted by molar-refractivity contribution is 6.38. The van der Waals surface area contributed by atoms with E-state index in [0.29, 0.717) is 11.3 Å². The van der Waals surface area contributed by atoms with Crippen LogP contribution in [-0.4, -0.2) is 16.0 Å². The summed E-state index contributed by atoms with van der Waals surface area (Å²) in [5.41, 5.74) is 0.740. The number of aliphatic hydroxyl groups excluding tert-OH is 1. The molecule has 2 N–H and O–H groups in total. The molecular weight excluding hydrogens is 399 g/mol. The molecule has 0 unspecified atom stereocenters. The van der Waals surface area contributed by atoms with Crippen molar-refractivity contribution in [1.82, 2.24) is 4.98 Å². The van der Waals surface area contributed by atoms with Gasteiger partial charge in [0, 0.05) is 11.8 Å². The van der Waals surface area contributed by atoms with Crippen LogP contribution in [0, 0.1) is 0 Å². The number of amides is 1. The van der Waals surface area contributed by atoms with Gasteiger partial charge in [-0.25, -0.2) is 0 Å². The Kier molecular flexibility index (Phi) is 6.37. The van der Waals surface area contributed by atoms with Crippen molar-refractivity contribution in [2.24, 2.45) is 10.2 Å². The van der Waals surface area contributed by atoms with E-state index in [-0.39, 0.29) is 27.2 Å². The van der Waals surface area contributed by atoms with Crippen LogP contribution in [0.5, 0.6) is 0 Å². The third-order valence-electron chi connectivity index (χ3n) is 3.59. The monoisotopic (exact) mass is 412 g/mol. The highest BCUT2D eigenvalue weighted by Crippen LogP contribution is 2.33. The minimum Gasteiger partial charge on any atom is -0.505 e. The number of azo groups is 1. The topological polar surface area (TPSA) is 86.9 Å². The van der Waals surface area contributed by atoms with Gasteiger partial charge in [-0.3, -0.25) is 9.78 Å². The van der Waals surface area contributed by atoms with Gasteiger partial charge in [-0.2, -0.15) is 0 Å². The minimum atomic E-state index is -0.665. The summed E-state index contributed by atoms with van der Waals surface area (Å²) in [6.45, 7) is 0. The molecular formula is C20H14Cl2N4O2. The fourth-order valence-electron chi connectivity index (χ4n) is 2.24. The van der Waals surface area contributed by atoms with Gasteiger partial charge in [-0.15, -0.1) is 10.2 Å². The first-order chi connectivity index (χ1) is 13.6. The van der Waals surface area contributed by atoms with Gasteiger partial charge in [0.2, 0.25) is 0 Å². The average molecular weight is 413 g/mol. The first kappa shape index (κ1) is 19.5. The van der Waals surface area contributed by atoms with Crippen LogP contribution in [0.4, 0.5) is 11.4 Å². The second kappa shape index (κ2) is 9.12. The third kappa shape index (κ3) is 4.73. The molecule has 0 aliphatic heterocycles. The second-order valence-electron chi connectivity index (χ2n) is 5.53. The first-order valence-electron chi connectivity index (χ1n) is 8.12. The summed E-state index contributed by atoms with van der Waals surface area (Å²) in [7, 11) is 0. The molecule has 1 aromatic heterocycles. The molecule has 0 aliphatic carbocycles. The number of benzene rings is 2. The molecule has 0 spiro atoms. The predicted octanol–water partition coefficient (Wildman–Crippen LogP) is 6.04. The van der Waals surface area contributed by atoms with E-state index in [1.54, 1.807) is 66.9 Å². The quantitative estimate of drug-likeness (QED) is 0.304. The van der Waals surface area contributed by atoms with Crippen molar-refractivity contribution >= 4 is 46.2 Å². The Balaban J connectivity index is 2.02. The Morgan fingerprint density at radius 2 is 1.68 bits per heavy atom. The van der Waals surface area contributed by atoms with Crippen molar-refractivity contribution in [2.45, 2.75) is 0 Å². The van der Waals surface area contributed by atoms with E-state index in [2.05, 4.69) is 20.5 Å². The number of nitrogens with one attached hydrogen (secondary N) is 1. The van der Waals surface area contributed by atoms with Crippen LogP contribution in [0.25, 0.3) is 5.76 Å². The molecule has 1 amide bonds. The van der Waals surface area contributed by atoms with Crippen LogP contribution >= 0.6 is 23.2 Å². The molecule has 0 saturated carbocycles. The summed E-state index contributed by atoms with van der Waals surface area (Å²) >= 11 is 12.2. The van der Waals surface area contributed by atoms with Gasteiger partial charge in [0.25, 0.3) is 5.91 Å². The van der Waals surface area contributed by atoms with Crippen molar-refractivity contribution in [2.75, 3.05) is 5.32 Å². The maximum absolute atomic E-state index is 12.7. The second-order valence-corrected chi connectivity index (χ2v) is 6.34. The fourth-order valence-corrected chi connectivity index (χ4v) is 2.72. The van der Waals surface area contributed by atoms with Gasteiger partial charge in [-0.05, 0) is 24.3 Å². The van der Waals surface area contributed by atoms with Gasteiger partial charge >= 0.3 is 0 Å². The number of aromatic nitrogens is 1. The normalized spacial score (nSPS) is 11.9. The SMILES string of the molecule is O=C(Nc1cccnc1)C(N=Nc1c(Cl)cccc1Cl)=C(O)c1ccccc1. The van der Waals surface area contributed by atoms with E-state index in [0.717, 1.165) is 0 Å². The summed E-state index contributed by atoms with van der Waals surface area (Å²) in [5.74, 6) is -1.00. The molecule has 0 saturated heterocycles. The third-order valence-corrected chi connectivity index (χ3v) is 4.20. The van der Waals surface area contributed by atoms with Crippen molar-refractivity contribution in [3.63, 3.8) is 0 Å². The van der Waals surface area contributed by atoms with Crippen molar-refractivity contribution in [3.05, 3.63) is 94.4 Å². The number of hydrogen-bond acceptors (Lipinski definition) is 5. The van der Waals surface area contributed by atoms with Gasteiger partial charge in [-0.1, -0.05) is 59.6 Å². The molecule has 0 bridgehead atoms. The Hall–Kier alpha value is -3.22. The summed E-state index contributed by atoms with van der Waals surface area (Å²) < 4.78 is 0. The predicted molar refractivity (Wildman–Crippen MR) is 110 cm³/mol. The standard InChI is InChI=1S/C20H14Cl2N4O2/c21-15-9-4-10-16(22)17(15)25-26-18(19(27)13-6-2-1-3-7-13)20(28)24-14-8-5-11-23-12-14/h1-12,27H,(H,24,28). The van der Waals surface area contributed by atoms with Crippen LogP contribution in [0.15, 0.2) is 89.0 Å². The highest BCUT2D eigenvalue weighted by Gasteiger charge is 2.18. The Morgan fingerprint density at radius 1 is 0.964 bits per heavy atom. The van der Waals surface area contributed by atoms with Gasteiger partial charge in [0.05, 0.1) is 21.9 Å². The van der Waals surface area contributed by atoms with E-state index < -0.39 is 5.91 Å². The molecule has 0 aliphatic rings. The molecule has 2 aromatic carbocycles. The Labute approximate surface area is 171 Å². The molecule has 140 valence electrons. The van der Waals surface area contributed by atoms with Gasteiger partial charge in [0.15, 0.2) is 11.5 Å². The molecule has 28 heavy (non-hydrogen) atoms. The lowest BCUT2D eigenvalue weighted by Gasteiger charge is -2.08. The van der Waals surface area contributed by atoms with Crippen molar-refractivity contribution in [1.29, 1.82) is 0 Å². The number of nitrogens with zero attached hydrogens (tertiary/aromatic N) is 3. The number of anilines is 1. The average Bonchev–Trinajstić information content (AvgIpc) is 2.71. The van der Waals surface area contributed by atoms with E-state index >= 15 is 0 Å². The number of hydrogen-bond donors (Lipinski definition) is 2. The zero-order valence-corrected chi connectivity index (χ0v) is 15.9. The number of rotatable bonds is 5. The van der Waals surface area contributed by atoms with Crippen molar-refractivity contribution in [3.8, 4) is 0 Å². The number of carbonyl (C=O) groups excluding carboxylic acids is 1. The van der Waals surface area contributed by atoms with Crippen LogP contribution in [0.1, 0.15) is 5.56 Å². The summed E-state index contributed by atoms with van der Waals surface area (Å²) in [6, 6.07) is 16.7.